The molecular formula is C20H21N3O2. The molecule has 128 valence electrons. The Morgan fingerprint density at radius 2 is 1.80 bits per heavy atom. The fourth-order valence-electron chi connectivity index (χ4n) is 3.24. The standard InChI is InChI=1S/C20H21N3O2/c1-24-18-12-17-16(20(22-14-21-17)23-9-5-6-10-23)11-19(18)25-13-15-7-3-2-4-8-15/h2-4,7-8,11-12,14H,5-6,9-10,13H2,1H3. The van der Waals surface area contributed by atoms with E-state index in [-0.39, 0.29) is 0 Å². The first-order valence-corrected chi connectivity index (χ1v) is 8.59. The average Bonchev–Trinajstić information content (AvgIpc) is 3.20. The molecule has 5 nitrogen and oxygen atoms in total. The van der Waals surface area contributed by atoms with Crippen LogP contribution in [0.2, 0.25) is 0 Å². The van der Waals surface area contributed by atoms with Gasteiger partial charge < -0.3 is 14.4 Å². The summed E-state index contributed by atoms with van der Waals surface area (Å²) in [6, 6.07) is 14.0. The molecule has 5 heteroatoms. The van der Waals surface area contributed by atoms with Gasteiger partial charge in [0.25, 0.3) is 0 Å². The zero-order chi connectivity index (χ0) is 17.1. The molecule has 0 saturated carbocycles. The Morgan fingerprint density at radius 3 is 2.56 bits per heavy atom. The highest BCUT2D eigenvalue weighted by Gasteiger charge is 2.18. The molecule has 25 heavy (non-hydrogen) atoms. The van der Waals surface area contributed by atoms with Crippen molar-refractivity contribution in [1.82, 2.24) is 9.97 Å². The molecule has 2 heterocycles. The normalized spacial score (nSPS) is 14.0. The Hall–Kier alpha value is -2.82. The molecule has 4 rings (SSSR count). The number of anilines is 1. The molecule has 1 aromatic heterocycles. The number of aromatic nitrogens is 2. The molecule has 1 aliphatic rings. The maximum atomic E-state index is 6.04. The van der Waals surface area contributed by atoms with Crippen molar-refractivity contribution in [2.45, 2.75) is 19.4 Å². The fraction of sp³-hybridized carbons (Fsp3) is 0.300. The van der Waals surface area contributed by atoms with Crippen molar-refractivity contribution < 1.29 is 9.47 Å². The minimum Gasteiger partial charge on any atom is -0.493 e. The molecule has 3 aromatic rings. The van der Waals surface area contributed by atoms with Gasteiger partial charge in [-0.05, 0) is 24.5 Å². The molecule has 0 amide bonds. The van der Waals surface area contributed by atoms with E-state index in [0.717, 1.165) is 35.4 Å². The fourth-order valence-corrected chi connectivity index (χ4v) is 3.24. The Balaban J connectivity index is 1.70. The van der Waals surface area contributed by atoms with Crippen LogP contribution < -0.4 is 14.4 Å². The number of rotatable bonds is 5. The van der Waals surface area contributed by atoms with Gasteiger partial charge in [0.2, 0.25) is 0 Å². The van der Waals surface area contributed by atoms with Gasteiger partial charge in [-0.25, -0.2) is 9.97 Å². The van der Waals surface area contributed by atoms with Crippen molar-refractivity contribution in [3.63, 3.8) is 0 Å². The Labute approximate surface area is 147 Å². The molecule has 1 saturated heterocycles. The highest BCUT2D eigenvalue weighted by atomic mass is 16.5. The summed E-state index contributed by atoms with van der Waals surface area (Å²) < 4.78 is 11.5. The molecule has 0 unspecified atom stereocenters. The van der Waals surface area contributed by atoms with Crippen LogP contribution in [0.25, 0.3) is 10.9 Å². The van der Waals surface area contributed by atoms with Crippen molar-refractivity contribution in [2.75, 3.05) is 25.1 Å². The SMILES string of the molecule is COc1cc2ncnc(N3CCCC3)c2cc1OCc1ccccc1. The summed E-state index contributed by atoms with van der Waals surface area (Å²) in [7, 11) is 1.65. The number of nitrogens with zero attached hydrogens (tertiary/aromatic N) is 3. The van der Waals surface area contributed by atoms with Crippen LogP contribution in [0, 0.1) is 0 Å². The molecule has 1 fully saturated rings. The molecule has 1 aliphatic heterocycles. The van der Waals surface area contributed by atoms with Crippen LogP contribution in [0.1, 0.15) is 18.4 Å². The van der Waals surface area contributed by atoms with Gasteiger partial charge in [0.1, 0.15) is 18.8 Å². The summed E-state index contributed by atoms with van der Waals surface area (Å²) in [5.74, 6) is 2.39. The van der Waals surface area contributed by atoms with Crippen LogP contribution in [0.3, 0.4) is 0 Å². The lowest BCUT2D eigenvalue weighted by atomic mass is 10.2. The van der Waals surface area contributed by atoms with Crippen molar-refractivity contribution in [2.24, 2.45) is 0 Å². The molecular weight excluding hydrogens is 314 g/mol. The lowest BCUT2D eigenvalue weighted by Crippen LogP contribution is -2.19. The van der Waals surface area contributed by atoms with Crippen molar-refractivity contribution >= 4 is 16.7 Å². The monoisotopic (exact) mass is 335 g/mol. The molecule has 2 aromatic carbocycles. The van der Waals surface area contributed by atoms with E-state index in [2.05, 4.69) is 14.9 Å². The second kappa shape index (κ2) is 6.97. The molecule has 0 bridgehead atoms. The summed E-state index contributed by atoms with van der Waals surface area (Å²) in [5, 5.41) is 1.01. The number of hydrogen-bond acceptors (Lipinski definition) is 5. The van der Waals surface area contributed by atoms with Crippen molar-refractivity contribution in [3.8, 4) is 11.5 Å². The summed E-state index contributed by atoms with van der Waals surface area (Å²) in [6.45, 7) is 2.58. The summed E-state index contributed by atoms with van der Waals surface area (Å²) in [6.07, 6.45) is 4.04. The molecule has 0 spiro atoms. The Bertz CT molecular complexity index is 861. The lowest BCUT2D eigenvalue weighted by Gasteiger charge is -2.19. The number of methoxy groups -OCH3 is 1. The van der Waals surface area contributed by atoms with E-state index in [1.165, 1.54) is 12.8 Å². The van der Waals surface area contributed by atoms with Crippen LogP contribution in [-0.4, -0.2) is 30.2 Å². The van der Waals surface area contributed by atoms with Gasteiger partial charge >= 0.3 is 0 Å². The van der Waals surface area contributed by atoms with Gasteiger partial charge in [-0.2, -0.15) is 0 Å². The zero-order valence-corrected chi connectivity index (χ0v) is 14.3. The first-order chi connectivity index (χ1) is 12.3. The summed E-state index contributed by atoms with van der Waals surface area (Å²) >= 11 is 0. The maximum Gasteiger partial charge on any atom is 0.162 e. The lowest BCUT2D eigenvalue weighted by molar-refractivity contribution is 0.285. The van der Waals surface area contributed by atoms with E-state index in [0.29, 0.717) is 18.1 Å². The molecule has 0 aliphatic carbocycles. The van der Waals surface area contributed by atoms with E-state index < -0.39 is 0 Å². The van der Waals surface area contributed by atoms with E-state index in [1.54, 1.807) is 13.4 Å². The highest BCUT2D eigenvalue weighted by molar-refractivity contribution is 5.92. The molecule has 0 radical (unpaired) electrons. The van der Waals surface area contributed by atoms with Crippen molar-refractivity contribution in [1.29, 1.82) is 0 Å². The first kappa shape index (κ1) is 15.7. The maximum absolute atomic E-state index is 6.04. The zero-order valence-electron chi connectivity index (χ0n) is 14.3. The van der Waals surface area contributed by atoms with Crippen molar-refractivity contribution in [3.05, 3.63) is 54.4 Å². The van der Waals surface area contributed by atoms with Gasteiger partial charge in [-0.1, -0.05) is 30.3 Å². The summed E-state index contributed by atoms with van der Waals surface area (Å²) in [4.78, 5) is 11.2. The predicted octanol–water partition coefficient (Wildman–Crippen LogP) is 3.82. The quantitative estimate of drug-likeness (QED) is 0.709. The van der Waals surface area contributed by atoms with E-state index >= 15 is 0 Å². The van der Waals surface area contributed by atoms with Gasteiger partial charge in [-0.3, -0.25) is 0 Å². The minimum atomic E-state index is 0.495. The van der Waals surface area contributed by atoms with E-state index in [4.69, 9.17) is 9.47 Å². The third-order valence-corrected chi connectivity index (χ3v) is 4.54. The van der Waals surface area contributed by atoms with Crippen LogP contribution in [-0.2, 0) is 6.61 Å². The number of hydrogen-bond donors (Lipinski definition) is 0. The second-order valence-corrected chi connectivity index (χ2v) is 6.19. The second-order valence-electron chi connectivity index (χ2n) is 6.19. The van der Waals surface area contributed by atoms with E-state index in [1.807, 2.05) is 42.5 Å². The van der Waals surface area contributed by atoms with Crippen LogP contribution >= 0.6 is 0 Å². The third-order valence-electron chi connectivity index (χ3n) is 4.54. The number of fused-ring (bicyclic) bond motifs is 1. The molecule has 0 atom stereocenters. The largest absolute Gasteiger partial charge is 0.493 e. The number of benzene rings is 2. The van der Waals surface area contributed by atoms with Gasteiger partial charge in [0.15, 0.2) is 11.5 Å². The molecule has 0 N–H and O–H groups in total. The highest BCUT2D eigenvalue weighted by Crippen LogP contribution is 2.36. The Kier molecular flexibility index (Phi) is 4.37. The number of ether oxygens (including phenoxy) is 2. The first-order valence-electron chi connectivity index (χ1n) is 8.59. The van der Waals surface area contributed by atoms with Gasteiger partial charge in [0, 0.05) is 24.5 Å². The Morgan fingerprint density at radius 1 is 1.00 bits per heavy atom. The van der Waals surface area contributed by atoms with E-state index in [9.17, 15) is 0 Å². The average molecular weight is 335 g/mol. The van der Waals surface area contributed by atoms with Crippen LogP contribution in [0.5, 0.6) is 11.5 Å². The smallest absolute Gasteiger partial charge is 0.162 e. The minimum absolute atomic E-state index is 0.495. The topological polar surface area (TPSA) is 47.5 Å². The predicted molar refractivity (Wildman–Crippen MR) is 98.3 cm³/mol. The summed E-state index contributed by atoms with van der Waals surface area (Å²) in [5.41, 5.74) is 1.99. The van der Waals surface area contributed by atoms with Gasteiger partial charge in [0.05, 0.1) is 12.6 Å². The van der Waals surface area contributed by atoms with Crippen LogP contribution in [0.15, 0.2) is 48.8 Å². The third kappa shape index (κ3) is 3.22. The van der Waals surface area contributed by atoms with Crippen LogP contribution in [0.4, 0.5) is 5.82 Å². The van der Waals surface area contributed by atoms with Gasteiger partial charge in [-0.15, -0.1) is 0 Å².